The molecular weight excluding hydrogens is 124 g/mol. The van der Waals surface area contributed by atoms with Crippen molar-refractivity contribution in [1.82, 2.24) is 0 Å². The maximum Gasteiger partial charge on any atom is 0.0795 e. The molecule has 54 valence electrons. The predicted molar refractivity (Wildman–Crippen MR) is 42.7 cm³/mol. The van der Waals surface area contributed by atoms with Gasteiger partial charge in [-0.2, -0.15) is 0 Å². The van der Waals surface area contributed by atoms with Crippen molar-refractivity contribution in [1.29, 1.82) is 0 Å². The normalized spacial score (nSPS) is 29.5. The fourth-order valence-corrected chi connectivity index (χ4v) is 1.20. The highest BCUT2D eigenvalue weighted by molar-refractivity contribution is 5.38. The van der Waals surface area contributed by atoms with E-state index in [0.29, 0.717) is 0 Å². The Morgan fingerprint density at radius 2 is 2.30 bits per heavy atom. The third-order valence-electron chi connectivity index (χ3n) is 1.78. The topological polar surface area (TPSA) is 20.2 Å². The summed E-state index contributed by atoms with van der Waals surface area (Å²) in [4.78, 5) is 0. The van der Waals surface area contributed by atoms with Crippen LogP contribution in [-0.2, 0) is 0 Å². The molecular formula is C9H12O. The standard InChI is InChI=1S/C9H12O/c1-3-4-8-7(2)5-6-9(8)10/h3-4,9-10H,1-2,5-6H2/b8-4+. The average molecular weight is 136 g/mol. The fourth-order valence-electron chi connectivity index (χ4n) is 1.20. The predicted octanol–water partition coefficient (Wildman–Crippen LogP) is 1.81. The molecule has 0 aliphatic heterocycles. The Balaban J connectivity index is 2.81. The molecule has 10 heavy (non-hydrogen) atoms. The summed E-state index contributed by atoms with van der Waals surface area (Å²) < 4.78 is 0. The van der Waals surface area contributed by atoms with Gasteiger partial charge >= 0.3 is 0 Å². The van der Waals surface area contributed by atoms with Crippen molar-refractivity contribution < 1.29 is 5.11 Å². The minimum absolute atomic E-state index is 0.300. The largest absolute Gasteiger partial charge is 0.388 e. The molecule has 0 aromatic heterocycles. The Kier molecular flexibility index (Phi) is 2.07. The summed E-state index contributed by atoms with van der Waals surface area (Å²) in [5.74, 6) is 0. The van der Waals surface area contributed by atoms with Gasteiger partial charge in [0, 0.05) is 0 Å². The van der Waals surface area contributed by atoms with Crippen molar-refractivity contribution in [2.24, 2.45) is 0 Å². The van der Waals surface area contributed by atoms with E-state index in [1.54, 1.807) is 6.08 Å². The second-order valence-electron chi connectivity index (χ2n) is 2.52. The van der Waals surface area contributed by atoms with E-state index in [1.807, 2.05) is 6.08 Å². The van der Waals surface area contributed by atoms with Crippen molar-refractivity contribution in [3.8, 4) is 0 Å². The molecule has 1 atom stereocenters. The molecule has 1 unspecified atom stereocenters. The molecule has 0 bridgehead atoms. The number of rotatable bonds is 1. The van der Waals surface area contributed by atoms with Crippen LogP contribution in [-0.4, -0.2) is 11.2 Å². The maximum absolute atomic E-state index is 9.31. The first-order valence-corrected chi connectivity index (χ1v) is 3.44. The van der Waals surface area contributed by atoms with E-state index in [0.717, 1.165) is 24.0 Å². The first-order valence-electron chi connectivity index (χ1n) is 3.44. The number of hydrogen-bond acceptors (Lipinski definition) is 1. The van der Waals surface area contributed by atoms with Crippen LogP contribution in [0.4, 0.5) is 0 Å². The smallest absolute Gasteiger partial charge is 0.0795 e. The summed E-state index contributed by atoms with van der Waals surface area (Å²) in [6.45, 7) is 7.39. The van der Waals surface area contributed by atoms with Gasteiger partial charge in [0.25, 0.3) is 0 Å². The lowest BCUT2D eigenvalue weighted by Gasteiger charge is -2.01. The molecule has 0 amide bonds. The lowest BCUT2D eigenvalue weighted by Crippen LogP contribution is -2.00. The highest BCUT2D eigenvalue weighted by Gasteiger charge is 2.20. The minimum Gasteiger partial charge on any atom is -0.388 e. The summed E-state index contributed by atoms with van der Waals surface area (Å²) in [6.07, 6.45) is 4.96. The monoisotopic (exact) mass is 136 g/mol. The van der Waals surface area contributed by atoms with Crippen LogP contribution in [0, 0.1) is 0 Å². The Morgan fingerprint density at radius 1 is 1.60 bits per heavy atom. The molecule has 1 N–H and O–H groups in total. The number of aliphatic hydroxyl groups excluding tert-OH is 1. The van der Waals surface area contributed by atoms with Gasteiger partial charge < -0.3 is 5.11 Å². The fraction of sp³-hybridized carbons (Fsp3) is 0.333. The van der Waals surface area contributed by atoms with Gasteiger partial charge in [-0.1, -0.05) is 25.3 Å². The molecule has 1 saturated carbocycles. The molecule has 1 nitrogen and oxygen atoms in total. The van der Waals surface area contributed by atoms with Crippen molar-refractivity contribution in [2.75, 3.05) is 0 Å². The van der Waals surface area contributed by atoms with Crippen LogP contribution in [0.1, 0.15) is 12.8 Å². The number of hydrogen-bond donors (Lipinski definition) is 1. The number of allylic oxidation sites excluding steroid dienone is 2. The second-order valence-corrected chi connectivity index (χ2v) is 2.52. The van der Waals surface area contributed by atoms with Gasteiger partial charge in [0.05, 0.1) is 6.10 Å². The Morgan fingerprint density at radius 3 is 2.70 bits per heavy atom. The third-order valence-corrected chi connectivity index (χ3v) is 1.78. The molecule has 1 aliphatic rings. The van der Waals surface area contributed by atoms with E-state index >= 15 is 0 Å². The minimum atomic E-state index is -0.300. The molecule has 0 aromatic carbocycles. The molecule has 1 rings (SSSR count). The van der Waals surface area contributed by atoms with Gasteiger partial charge in [0.2, 0.25) is 0 Å². The summed E-state index contributed by atoms with van der Waals surface area (Å²) >= 11 is 0. The molecule has 0 aromatic rings. The first-order chi connectivity index (χ1) is 4.75. The maximum atomic E-state index is 9.31. The van der Waals surface area contributed by atoms with Crippen LogP contribution in [0.2, 0.25) is 0 Å². The lowest BCUT2D eigenvalue weighted by atomic mass is 10.1. The molecule has 0 saturated heterocycles. The zero-order chi connectivity index (χ0) is 7.56. The lowest BCUT2D eigenvalue weighted by molar-refractivity contribution is 0.218. The van der Waals surface area contributed by atoms with Crippen molar-refractivity contribution in [2.45, 2.75) is 18.9 Å². The van der Waals surface area contributed by atoms with Gasteiger partial charge in [-0.15, -0.1) is 0 Å². The van der Waals surface area contributed by atoms with E-state index in [1.165, 1.54) is 0 Å². The SMILES string of the molecule is C=C/C=C1\C(=C)CCC1O. The van der Waals surface area contributed by atoms with Crippen LogP contribution in [0.15, 0.2) is 36.5 Å². The van der Waals surface area contributed by atoms with E-state index in [-0.39, 0.29) is 6.10 Å². The first kappa shape index (κ1) is 7.29. The van der Waals surface area contributed by atoms with Crippen LogP contribution in [0.5, 0.6) is 0 Å². The van der Waals surface area contributed by atoms with Crippen LogP contribution < -0.4 is 0 Å². The van der Waals surface area contributed by atoms with E-state index in [2.05, 4.69) is 13.2 Å². The van der Waals surface area contributed by atoms with E-state index in [9.17, 15) is 5.11 Å². The average Bonchev–Trinajstić information content (AvgIpc) is 2.20. The summed E-state index contributed by atoms with van der Waals surface area (Å²) in [5.41, 5.74) is 2.00. The van der Waals surface area contributed by atoms with Crippen LogP contribution in [0.3, 0.4) is 0 Å². The summed E-state index contributed by atoms with van der Waals surface area (Å²) in [5, 5.41) is 9.31. The molecule has 0 spiro atoms. The molecule has 1 fully saturated rings. The second kappa shape index (κ2) is 2.84. The highest BCUT2D eigenvalue weighted by Crippen LogP contribution is 2.28. The highest BCUT2D eigenvalue weighted by atomic mass is 16.3. The zero-order valence-corrected chi connectivity index (χ0v) is 6.01. The Hall–Kier alpha value is -0.820. The van der Waals surface area contributed by atoms with Gasteiger partial charge in [-0.25, -0.2) is 0 Å². The Labute approximate surface area is 61.4 Å². The van der Waals surface area contributed by atoms with Crippen molar-refractivity contribution in [3.05, 3.63) is 36.5 Å². The Bertz CT molecular complexity index is 189. The van der Waals surface area contributed by atoms with Crippen LogP contribution >= 0.6 is 0 Å². The molecule has 1 heteroatoms. The molecule has 0 heterocycles. The van der Waals surface area contributed by atoms with Gasteiger partial charge in [-0.05, 0) is 24.0 Å². The van der Waals surface area contributed by atoms with Gasteiger partial charge in [0.1, 0.15) is 0 Å². The van der Waals surface area contributed by atoms with Crippen molar-refractivity contribution >= 4 is 0 Å². The summed E-state index contributed by atoms with van der Waals surface area (Å²) in [7, 11) is 0. The summed E-state index contributed by atoms with van der Waals surface area (Å²) in [6, 6.07) is 0. The quantitative estimate of drug-likeness (QED) is 0.583. The molecule has 0 radical (unpaired) electrons. The molecule has 1 aliphatic carbocycles. The van der Waals surface area contributed by atoms with Crippen LogP contribution in [0.25, 0.3) is 0 Å². The number of aliphatic hydroxyl groups is 1. The van der Waals surface area contributed by atoms with E-state index in [4.69, 9.17) is 0 Å². The van der Waals surface area contributed by atoms with Gasteiger partial charge in [-0.3, -0.25) is 0 Å². The third kappa shape index (κ3) is 1.19. The van der Waals surface area contributed by atoms with Crippen molar-refractivity contribution in [3.63, 3.8) is 0 Å². The van der Waals surface area contributed by atoms with Gasteiger partial charge in [0.15, 0.2) is 0 Å². The van der Waals surface area contributed by atoms with E-state index < -0.39 is 0 Å². The zero-order valence-electron chi connectivity index (χ0n) is 6.01.